The first kappa shape index (κ1) is 14.5. The Morgan fingerprint density at radius 2 is 1.96 bits per heavy atom. The fourth-order valence-electron chi connectivity index (χ4n) is 4.22. The molecule has 124 valence electrons. The molecule has 0 radical (unpaired) electrons. The highest BCUT2D eigenvalue weighted by molar-refractivity contribution is 5.30. The van der Waals surface area contributed by atoms with Gasteiger partial charge in [0.25, 0.3) is 0 Å². The van der Waals surface area contributed by atoms with Crippen molar-refractivity contribution in [1.29, 1.82) is 0 Å². The van der Waals surface area contributed by atoms with Gasteiger partial charge in [0, 0.05) is 42.7 Å². The zero-order valence-electron chi connectivity index (χ0n) is 13.4. The molecule has 1 aromatic heterocycles. The summed E-state index contributed by atoms with van der Waals surface area (Å²) in [6, 6.07) is 4.96. The van der Waals surface area contributed by atoms with Crippen LogP contribution in [-0.4, -0.2) is 20.9 Å². The zero-order chi connectivity index (χ0) is 16.3. The van der Waals surface area contributed by atoms with Crippen molar-refractivity contribution >= 4 is 0 Å². The molecule has 5 heteroatoms. The molecular formula is C19H19F2N3. The summed E-state index contributed by atoms with van der Waals surface area (Å²) >= 11 is 0. The standard InChI is InChI=1S/C19H19F2N3/c20-15-5-1-11(7-16(15)21)10-24-13-4-6-18(24)14-9-22-19(12-2-3-12)23-17(14)8-13/h1,5,7,9,12-13,18H,2-4,6,8,10H2. The van der Waals surface area contributed by atoms with Crippen LogP contribution < -0.4 is 0 Å². The van der Waals surface area contributed by atoms with Crippen LogP contribution in [0.15, 0.2) is 24.4 Å². The average Bonchev–Trinajstić information content (AvgIpc) is 3.38. The maximum absolute atomic E-state index is 13.5. The monoisotopic (exact) mass is 327 g/mol. The van der Waals surface area contributed by atoms with Crippen molar-refractivity contribution in [3.05, 3.63) is 58.7 Å². The molecule has 0 amide bonds. The first-order chi connectivity index (χ1) is 11.7. The van der Waals surface area contributed by atoms with Gasteiger partial charge in [0.15, 0.2) is 11.6 Å². The van der Waals surface area contributed by atoms with Gasteiger partial charge < -0.3 is 0 Å². The summed E-state index contributed by atoms with van der Waals surface area (Å²) in [6.45, 7) is 0.649. The van der Waals surface area contributed by atoms with Gasteiger partial charge in [-0.3, -0.25) is 4.90 Å². The number of halogens is 2. The second-order valence-electron chi connectivity index (χ2n) is 7.28. The highest BCUT2D eigenvalue weighted by Crippen LogP contribution is 2.45. The third kappa shape index (κ3) is 2.34. The number of nitrogens with zero attached hydrogens (tertiary/aromatic N) is 3. The van der Waals surface area contributed by atoms with E-state index in [0.29, 0.717) is 24.5 Å². The quantitative estimate of drug-likeness (QED) is 0.856. The molecule has 2 atom stereocenters. The van der Waals surface area contributed by atoms with Crippen LogP contribution in [0.1, 0.15) is 60.3 Å². The van der Waals surface area contributed by atoms with Crippen molar-refractivity contribution in [1.82, 2.24) is 14.9 Å². The van der Waals surface area contributed by atoms with Gasteiger partial charge in [-0.1, -0.05) is 6.07 Å². The molecule has 1 aromatic carbocycles. The smallest absolute Gasteiger partial charge is 0.159 e. The third-order valence-electron chi connectivity index (χ3n) is 5.64. The first-order valence-corrected chi connectivity index (χ1v) is 8.74. The summed E-state index contributed by atoms with van der Waals surface area (Å²) < 4.78 is 26.6. The predicted octanol–water partition coefficient (Wildman–Crippen LogP) is 3.89. The highest BCUT2D eigenvalue weighted by atomic mass is 19.2. The Labute approximate surface area is 139 Å². The van der Waals surface area contributed by atoms with Gasteiger partial charge >= 0.3 is 0 Å². The van der Waals surface area contributed by atoms with Gasteiger partial charge in [-0.25, -0.2) is 18.7 Å². The zero-order valence-corrected chi connectivity index (χ0v) is 13.4. The molecule has 3 aliphatic rings. The molecule has 0 spiro atoms. The van der Waals surface area contributed by atoms with Crippen LogP contribution in [0.4, 0.5) is 8.78 Å². The van der Waals surface area contributed by atoms with E-state index in [9.17, 15) is 8.78 Å². The molecule has 2 bridgehead atoms. The van der Waals surface area contributed by atoms with Gasteiger partial charge in [0.05, 0.1) is 5.69 Å². The van der Waals surface area contributed by atoms with Crippen molar-refractivity contribution < 1.29 is 8.78 Å². The molecule has 3 heterocycles. The molecule has 1 aliphatic carbocycles. The molecule has 2 aromatic rings. The molecule has 2 fully saturated rings. The maximum Gasteiger partial charge on any atom is 0.159 e. The largest absolute Gasteiger partial charge is 0.289 e. The second-order valence-corrected chi connectivity index (χ2v) is 7.28. The lowest BCUT2D eigenvalue weighted by Crippen LogP contribution is -2.37. The average molecular weight is 327 g/mol. The molecule has 2 unspecified atom stereocenters. The number of fused-ring (bicyclic) bond motifs is 4. The molecule has 3 nitrogen and oxygen atoms in total. The highest BCUT2D eigenvalue weighted by Gasteiger charge is 2.41. The minimum absolute atomic E-state index is 0.306. The minimum Gasteiger partial charge on any atom is -0.289 e. The van der Waals surface area contributed by atoms with Gasteiger partial charge in [-0.05, 0) is 43.4 Å². The van der Waals surface area contributed by atoms with E-state index in [0.717, 1.165) is 30.7 Å². The fourth-order valence-corrected chi connectivity index (χ4v) is 4.22. The minimum atomic E-state index is -0.785. The lowest BCUT2D eigenvalue weighted by atomic mass is 9.98. The molecule has 24 heavy (non-hydrogen) atoms. The topological polar surface area (TPSA) is 29.0 Å². The summed E-state index contributed by atoms with van der Waals surface area (Å²) in [5.74, 6) is 0.0387. The van der Waals surface area contributed by atoms with E-state index in [1.807, 2.05) is 6.20 Å². The van der Waals surface area contributed by atoms with E-state index in [2.05, 4.69) is 9.88 Å². The Morgan fingerprint density at radius 1 is 1.08 bits per heavy atom. The van der Waals surface area contributed by atoms with Crippen molar-refractivity contribution in [2.45, 2.75) is 56.7 Å². The van der Waals surface area contributed by atoms with E-state index in [4.69, 9.17) is 4.98 Å². The van der Waals surface area contributed by atoms with Crippen LogP contribution in [0.25, 0.3) is 0 Å². The first-order valence-electron chi connectivity index (χ1n) is 8.74. The number of hydrogen-bond donors (Lipinski definition) is 0. The summed E-state index contributed by atoms with van der Waals surface area (Å²) in [7, 11) is 0. The van der Waals surface area contributed by atoms with Crippen LogP contribution in [0.3, 0.4) is 0 Å². The van der Waals surface area contributed by atoms with E-state index in [-0.39, 0.29) is 0 Å². The Hall–Kier alpha value is -1.88. The normalized spacial score (nSPS) is 25.8. The van der Waals surface area contributed by atoms with E-state index < -0.39 is 11.6 Å². The molecule has 2 aliphatic heterocycles. The van der Waals surface area contributed by atoms with E-state index >= 15 is 0 Å². The number of aromatic nitrogens is 2. The predicted molar refractivity (Wildman–Crippen MR) is 85.4 cm³/mol. The van der Waals surface area contributed by atoms with Crippen LogP contribution >= 0.6 is 0 Å². The van der Waals surface area contributed by atoms with Crippen LogP contribution in [0.5, 0.6) is 0 Å². The third-order valence-corrected chi connectivity index (χ3v) is 5.64. The Morgan fingerprint density at radius 3 is 2.75 bits per heavy atom. The molecule has 0 N–H and O–H groups in total. The number of benzene rings is 1. The Kier molecular flexibility index (Phi) is 3.20. The van der Waals surface area contributed by atoms with Crippen molar-refractivity contribution in [2.75, 3.05) is 0 Å². The SMILES string of the molecule is Fc1ccc(CN2C3CCC2c2cnc(C4CC4)nc2C3)cc1F. The van der Waals surface area contributed by atoms with Gasteiger partial charge in [0.1, 0.15) is 5.82 Å². The van der Waals surface area contributed by atoms with Gasteiger partial charge in [-0.2, -0.15) is 0 Å². The molecular weight excluding hydrogens is 308 g/mol. The van der Waals surface area contributed by atoms with Crippen LogP contribution in [0, 0.1) is 11.6 Å². The Bertz CT molecular complexity index is 803. The lowest BCUT2D eigenvalue weighted by Gasteiger charge is -2.35. The second kappa shape index (κ2) is 5.31. The van der Waals surface area contributed by atoms with Crippen LogP contribution in [-0.2, 0) is 13.0 Å². The summed E-state index contributed by atoms with van der Waals surface area (Å²) in [6.07, 6.45) is 7.61. The fraction of sp³-hybridized carbons (Fsp3) is 0.474. The van der Waals surface area contributed by atoms with Gasteiger partial charge in [-0.15, -0.1) is 0 Å². The molecule has 5 rings (SSSR count). The summed E-state index contributed by atoms with van der Waals surface area (Å²) in [4.78, 5) is 11.8. The van der Waals surface area contributed by atoms with Crippen molar-refractivity contribution in [3.8, 4) is 0 Å². The van der Waals surface area contributed by atoms with Crippen molar-refractivity contribution in [3.63, 3.8) is 0 Å². The number of rotatable bonds is 3. The summed E-state index contributed by atoms with van der Waals surface area (Å²) in [5.41, 5.74) is 3.27. The Balaban J connectivity index is 1.43. The molecule has 1 saturated carbocycles. The molecule has 1 saturated heterocycles. The van der Waals surface area contributed by atoms with Crippen LogP contribution in [0.2, 0.25) is 0 Å². The van der Waals surface area contributed by atoms with Gasteiger partial charge in [0.2, 0.25) is 0 Å². The van der Waals surface area contributed by atoms with E-state index in [1.54, 1.807) is 6.07 Å². The lowest BCUT2D eigenvalue weighted by molar-refractivity contribution is 0.165. The van der Waals surface area contributed by atoms with Crippen molar-refractivity contribution in [2.24, 2.45) is 0 Å². The maximum atomic E-state index is 13.5. The van der Waals surface area contributed by atoms with E-state index in [1.165, 1.54) is 36.2 Å². The number of hydrogen-bond acceptors (Lipinski definition) is 3. The summed E-state index contributed by atoms with van der Waals surface area (Å²) in [5, 5.41) is 0.